The molecule has 2 saturated carbocycles. The van der Waals surface area contributed by atoms with E-state index >= 15 is 0 Å². The Bertz CT molecular complexity index is 1520. The second-order valence-electron chi connectivity index (χ2n) is 18.1. The number of carbonyl (C=O) groups excluding carboxylic acids is 1. The number of carbonyl (C=O) groups is 1. The number of anilines is 1. The third-order valence-electron chi connectivity index (χ3n) is 11.2. The normalized spacial score (nSPS) is 19.1. The highest BCUT2D eigenvalue weighted by atomic mass is 28.4. The van der Waals surface area contributed by atoms with Gasteiger partial charge in [0.1, 0.15) is 17.3 Å². The highest BCUT2D eigenvalue weighted by molar-refractivity contribution is 6.74. The third-order valence-corrected chi connectivity index (χ3v) is 20.3. The maximum atomic E-state index is 12.4. The van der Waals surface area contributed by atoms with E-state index in [0.717, 1.165) is 63.4 Å². The van der Waals surface area contributed by atoms with E-state index in [1.54, 1.807) is 13.0 Å². The van der Waals surface area contributed by atoms with Crippen molar-refractivity contribution >= 4 is 28.1 Å². The molecule has 0 heterocycles. The van der Waals surface area contributed by atoms with E-state index in [0.29, 0.717) is 40.7 Å². The van der Waals surface area contributed by atoms with Crippen LogP contribution in [0.3, 0.4) is 0 Å². The van der Waals surface area contributed by atoms with E-state index in [2.05, 4.69) is 77.2 Å². The summed E-state index contributed by atoms with van der Waals surface area (Å²) in [6.07, 6.45) is -0.0185. The molecule has 2 N–H and O–H groups in total. The van der Waals surface area contributed by atoms with E-state index in [1.165, 1.54) is 31.2 Å². The minimum atomic E-state index is -4.65. The van der Waals surface area contributed by atoms with Gasteiger partial charge in [-0.2, -0.15) is 0 Å². The molecule has 14 heteroatoms. The molecule has 0 unspecified atom stereocenters. The molecule has 2 aromatic rings. The first-order valence-electron chi connectivity index (χ1n) is 19.2. The number of benzene rings is 2. The summed E-state index contributed by atoms with van der Waals surface area (Å²) in [5, 5.41) is 0.496. The smallest absolute Gasteiger partial charge is 0.414 e. The summed E-state index contributed by atoms with van der Waals surface area (Å²) in [6.45, 7) is 25.9. The number of nitrogen functional groups attached to an aromatic ring is 1. The van der Waals surface area contributed by atoms with Crippen LogP contribution in [0.1, 0.15) is 110 Å². The Kier molecular flexibility index (Phi) is 17.0. The van der Waals surface area contributed by atoms with Crippen LogP contribution in [0.15, 0.2) is 36.4 Å². The summed E-state index contributed by atoms with van der Waals surface area (Å²) in [5.41, 5.74) is 7.73. The number of rotatable bonds is 8. The number of ether oxygens (including phenoxy) is 2. The molecule has 55 heavy (non-hydrogen) atoms. The molecule has 0 saturated heterocycles. The average Bonchev–Trinajstić information content (AvgIpc) is 3.00. The van der Waals surface area contributed by atoms with Gasteiger partial charge in [0.25, 0.3) is 0 Å². The van der Waals surface area contributed by atoms with Crippen LogP contribution in [0.25, 0.3) is 0 Å². The van der Waals surface area contributed by atoms with E-state index < -0.39 is 29.4 Å². The maximum Gasteiger partial charge on any atom is 0.573 e. The second kappa shape index (κ2) is 19.3. The van der Waals surface area contributed by atoms with Crippen molar-refractivity contribution in [2.24, 2.45) is 5.92 Å². The molecule has 0 spiro atoms. The van der Waals surface area contributed by atoms with Gasteiger partial charge < -0.3 is 24.1 Å². The molecule has 0 aliphatic heterocycles. The molecule has 2 fully saturated rings. The van der Waals surface area contributed by atoms with Crippen LogP contribution in [0.2, 0.25) is 36.3 Å². The first kappa shape index (κ1) is 48.6. The van der Waals surface area contributed by atoms with Crippen LogP contribution in [0, 0.1) is 19.8 Å². The molecule has 0 aromatic heterocycles. The summed E-state index contributed by atoms with van der Waals surface area (Å²) in [4.78, 5) is 11.1. The largest absolute Gasteiger partial charge is 0.573 e. The number of halogens is 6. The molecule has 0 bridgehead atoms. The Labute approximate surface area is 327 Å². The van der Waals surface area contributed by atoms with Gasteiger partial charge in [-0.3, -0.25) is 4.79 Å². The minimum Gasteiger partial charge on any atom is -0.414 e. The lowest BCUT2D eigenvalue weighted by Crippen LogP contribution is -2.44. The number of hydrogen-bond acceptors (Lipinski definition) is 6. The van der Waals surface area contributed by atoms with Gasteiger partial charge in [-0.25, -0.2) is 0 Å². The van der Waals surface area contributed by atoms with Crippen molar-refractivity contribution in [3.63, 3.8) is 0 Å². The van der Waals surface area contributed by atoms with Crippen LogP contribution in [0.4, 0.5) is 32.0 Å². The van der Waals surface area contributed by atoms with E-state index in [9.17, 15) is 31.1 Å². The number of nitrogens with two attached hydrogens (primary N) is 1. The van der Waals surface area contributed by atoms with Crippen LogP contribution in [-0.2, 0) is 20.1 Å². The molecule has 2 aromatic carbocycles. The van der Waals surface area contributed by atoms with Gasteiger partial charge >= 0.3 is 12.7 Å². The predicted molar refractivity (Wildman–Crippen MR) is 213 cm³/mol. The van der Waals surface area contributed by atoms with Crippen molar-refractivity contribution in [2.75, 3.05) is 5.73 Å². The topological polar surface area (TPSA) is 80.0 Å². The molecule has 314 valence electrons. The SMILES string of the molecule is CC(C)(C)[Si](C)(C)OC1CCC(=O)CC1.Cc1cc(CC2CCC(O[Si](C)(C)C(C)(C)C)CC2)ccc1OC(F)(F)F.Cc1cc(N)ccc1OC(F)(F)F. The molecular weight excluding hydrogens is 757 g/mol. The van der Waals surface area contributed by atoms with E-state index in [-0.39, 0.29) is 21.6 Å². The maximum absolute atomic E-state index is 12.4. The van der Waals surface area contributed by atoms with Crippen LogP contribution in [-0.4, -0.2) is 47.4 Å². The third kappa shape index (κ3) is 17.2. The zero-order valence-electron chi connectivity index (χ0n) is 34.9. The van der Waals surface area contributed by atoms with Crippen molar-refractivity contribution in [1.29, 1.82) is 0 Å². The number of hydrogen-bond donors (Lipinski definition) is 1. The van der Waals surface area contributed by atoms with Crippen molar-refractivity contribution < 1.29 is 49.5 Å². The Morgan fingerprint density at radius 3 is 1.42 bits per heavy atom. The Hall–Kier alpha value is -2.56. The lowest BCUT2D eigenvalue weighted by Gasteiger charge is -2.41. The molecule has 0 amide bonds. The van der Waals surface area contributed by atoms with Crippen molar-refractivity contribution in [3.05, 3.63) is 53.1 Å². The lowest BCUT2D eigenvalue weighted by atomic mass is 9.83. The van der Waals surface area contributed by atoms with Gasteiger partial charge in [-0.15, -0.1) is 26.3 Å². The zero-order chi connectivity index (χ0) is 42.2. The molecule has 0 atom stereocenters. The number of Topliss-reactive ketones (excluding diaryl/α,β-unsaturated/α-hetero) is 1. The zero-order valence-corrected chi connectivity index (χ0v) is 36.9. The Morgan fingerprint density at radius 2 is 1.04 bits per heavy atom. The van der Waals surface area contributed by atoms with Gasteiger partial charge in [0.15, 0.2) is 16.6 Å². The molecule has 6 nitrogen and oxygen atoms in total. The van der Waals surface area contributed by atoms with Gasteiger partial charge in [-0.1, -0.05) is 53.7 Å². The van der Waals surface area contributed by atoms with Crippen LogP contribution >= 0.6 is 0 Å². The second-order valence-corrected chi connectivity index (χ2v) is 27.6. The summed E-state index contributed by atoms with van der Waals surface area (Å²) < 4.78 is 93.1. The number of aryl methyl sites for hydroxylation is 2. The van der Waals surface area contributed by atoms with Crippen molar-refractivity contribution in [1.82, 2.24) is 0 Å². The Morgan fingerprint density at radius 1 is 0.636 bits per heavy atom. The number of alkyl halides is 6. The number of ketones is 1. The summed E-state index contributed by atoms with van der Waals surface area (Å²) in [5.74, 6) is 0.641. The monoisotopic (exact) mass is 821 g/mol. The summed E-state index contributed by atoms with van der Waals surface area (Å²) in [6, 6.07) is 8.98. The Balaban J connectivity index is 0.000000314. The van der Waals surface area contributed by atoms with Gasteiger partial charge in [0.05, 0.1) is 0 Å². The van der Waals surface area contributed by atoms with Gasteiger partial charge in [0.2, 0.25) is 0 Å². The van der Waals surface area contributed by atoms with E-state index in [1.807, 2.05) is 6.07 Å². The summed E-state index contributed by atoms with van der Waals surface area (Å²) in [7, 11) is -3.35. The molecule has 2 aliphatic carbocycles. The molecule has 2 aliphatic rings. The van der Waals surface area contributed by atoms with E-state index in [4.69, 9.17) is 14.6 Å². The van der Waals surface area contributed by atoms with Crippen LogP contribution in [0.5, 0.6) is 11.5 Å². The predicted octanol–water partition coefficient (Wildman–Crippen LogP) is 13.0. The molecule has 4 rings (SSSR count). The fourth-order valence-electron chi connectivity index (χ4n) is 5.99. The molecular formula is C41H65F6NO5Si2. The highest BCUT2D eigenvalue weighted by Gasteiger charge is 2.41. The minimum absolute atomic E-state index is 0.113. The fraction of sp³-hybridized carbons (Fsp3) is 0.683. The molecule has 0 radical (unpaired) electrons. The first-order valence-corrected chi connectivity index (χ1v) is 25.0. The standard InChI is InChI=1S/C21H33F3O2Si.C12H24O2Si.C8H8F3NO/c1-15-13-17(9-12-19(15)25-21(22,23)24)14-16-7-10-18(11-8-16)26-27(5,6)20(2,3)4;1-12(2,3)15(4,5)14-11-8-6-10(13)7-9-11;1-5-4-6(12)2-3-7(5)13-8(9,10)11/h9,12-13,16,18H,7-8,10-11,14H2,1-6H3;11H,6-9H2,1-5H3;2-4H,12H2,1H3. The average molecular weight is 822 g/mol. The van der Waals surface area contributed by atoms with Gasteiger partial charge in [0, 0.05) is 30.7 Å². The highest BCUT2D eigenvalue weighted by Crippen LogP contribution is 2.41. The summed E-state index contributed by atoms with van der Waals surface area (Å²) >= 11 is 0. The van der Waals surface area contributed by atoms with Crippen LogP contribution < -0.4 is 15.2 Å². The first-order chi connectivity index (χ1) is 24.9. The quantitative estimate of drug-likeness (QED) is 0.162. The van der Waals surface area contributed by atoms with Gasteiger partial charge in [-0.05, 0) is 142 Å². The lowest BCUT2D eigenvalue weighted by molar-refractivity contribution is -0.275. The van der Waals surface area contributed by atoms with Crippen molar-refractivity contribution in [3.8, 4) is 11.5 Å². The van der Waals surface area contributed by atoms with Crippen molar-refractivity contribution in [2.45, 2.75) is 174 Å². The fourth-order valence-corrected chi connectivity index (χ4v) is 8.84.